The number of nitrogens with zero attached hydrogens (tertiary/aromatic N) is 4. The Kier molecular flexibility index (Phi) is 6.27. The number of amides is 1. The average molecular weight is 423 g/mol. The summed E-state index contributed by atoms with van der Waals surface area (Å²) < 4.78 is 20.0. The Morgan fingerprint density at radius 1 is 1.13 bits per heavy atom. The molecule has 2 heterocycles. The minimum absolute atomic E-state index is 0.0673. The van der Waals surface area contributed by atoms with Crippen molar-refractivity contribution in [2.45, 2.75) is 25.8 Å². The Balaban J connectivity index is 1.48. The van der Waals surface area contributed by atoms with Crippen LogP contribution in [0.15, 0.2) is 48.5 Å². The summed E-state index contributed by atoms with van der Waals surface area (Å²) in [5.74, 6) is 0.798. The van der Waals surface area contributed by atoms with E-state index in [2.05, 4.69) is 20.3 Å². The fourth-order valence-corrected chi connectivity index (χ4v) is 3.92. The van der Waals surface area contributed by atoms with E-state index in [4.69, 9.17) is 4.74 Å². The second-order valence-electron chi connectivity index (χ2n) is 7.61. The quantitative estimate of drug-likeness (QED) is 0.631. The van der Waals surface area contributed by atoms with Crippen molar-refractivity contribution in [2.24, 2.45) is 0 Å². The van der Waals surface area contributed by atoms with E-state index in [1.807, 2.05) is 24.3 Å². The van der Waals surface area contributed by atoms with Crippen LogP contribution in [0.4, 0.5) is 4.39 Å². The normalized spacial score (nSPS) is 15.1. The van der Waals surface area contributed by atoms with Gasteiger partial charge in [-0.15, -0.1) is 5.10 Å². The van der Waals surface area contributed by atoms with Gasteiger partial charge < -0.3 is 10.1 Å². The monoisotopic (exact) mass is 423 g/mol. The van der Waals surface area contributed by atoms with Crippen LogP contribution in [-0.2, 0) is 0 Å². The number of likely N-dealkylation sites (tertiary alicyclic amines) is 1. The highest BCUT2D eigenvalue weighted by Gasteiger charge is 2.25. The average Bonchev–Trinajstić information content (AvgIpc) is 3.45. The number of carbonyl (C=O) groups excluding carboxylic acids is 1. The number of nitrogens with one attached hydrogen (secondary N) is 1. The summed E-state index contributed by atoms with van der Waals surface area (Å²) in [7, 11) is 1.65. The van der Waals surface area contributed by atoms with Gasteiger partial charge in [0.1, 0.15) is 17.4 Å². The fraction of sp³-hybridized carbons (Fsp3) is 0.348. The molecule has 0 bridgehead atoms. The third-order valence-electron chi connectivity index (χ3n) is 5.58. The molecule has 1 N–H and O–H groups in total. The zero-order valence-corrected chi connectivity index (χ0v) is 17.7. The van der Waals surface area contributed by atoms with Gasteiger partial charge >= 0.3 is 0 Å². The number of methoxy groups -OCH3 is 1. The zero-order chi connectivity index (χ0) is 21.8. The standard InChI is InChI=1S/C23H26FN5O2/c1-16-26-22(27-29(16)19-9-7-18(24)8-10-19)23(30)25-15-21(28-13-3-4-14-28)17-5-11-20(31-2)12-6-17/h5-12,21H,3-4,13-15H2,1-2H3,(H,25,30). The van der Waals surface area contributed by atoms with Crippen molar-refractivity contribution >= 4 is 5.91 Å². The van der Waals surface area contributed by atoms with Gasteiger partial charge in [0.15, 0.2) is 0 Å². The topological polar surface area (TPSA) is 72.3 Å². The Morgan fingerprint density at radius 2 is 1.81 bits per heavy atom. The Labute approximate surface area is 180 Å². The minimum Gasteiger partial charge on any atom is -0.497 e. The molecule has 0 spiro atoms. The number of hydrogen-bond donors (Lipinski definition) is 1. The summed E-state index contributed by atoms with van der Waals surface area (Å²) in [6, 6.07) is 13.9. The van der Waals surface area contributed by atoms with E-state index in [-0.39, 0.29) is 23.6 Å². The predicted octanol–water partition coefficient (Wildman–Crippen LogP) is 3.29. The van der Waals surface area contributed by atoms with Crippen LogP contribution in [0.3, 0.4) is 0 Å². The van der Waals surface area contributed by atoms with E-state index in [1.54, 1.807) is 26.2 Å². The highest BCUT2D eigenvalue weighted by atomic mass is 19.1. The maximum Gasteiger partial charge on any atom is 0.291 e. The molecular weight excluding hydrogens is 397 g/mol. The number of ether oxygens (including phenoxy) is 1. The maximum absolute atomic E-state index is 13.2. The molecule has 31 heavy (non-hydrogen) atoms. The molecule has 1 atom stereocenters. The third kappa shape index (κ3) is 4.74. The molecule has 8 heteroatoms. The first-order valence-corrected chi connectivity index (χ1v) is 10.4. The smallest absolute Gasteiger partial charge is 0.291 e. The van der Waals surface area contributed by atoms with Crippen molar-refractivity contribution in [3.8, 4) is 11.4 Å². The molecule has 1 amide bonds. The van der Waals surface area contributed by atoms with Gasteiger partial charge in [-0.25, -0.2) is 14.1 Å². The van der Waals surface area contributed by atoms with Crippen molar-refractivity contribution in [1.82, 2.24) is 25.0 Å². The van der Waals surface area contributed by atoms with Gasteiger partial charge in [-0.3, -0.25) is 9.69 Å². The molecule has 7 nitrogen and oxygen atoms in total. The van der Waals surface area contributed by atoms with Crippen LogP contribution in [-0.4, -0.2) is 52.3 Å². The summed E-state index contributed by atoms with van der Waals surface area (Å²) in [6.07, 6.45) is 2.31. The van der Waals surface area contributed by atoms with Gasteiger partial charge in [-0.2, -0.15) is 0 Å². The van der Waals surface area contributed by atoms with E-state index in [9.17, 15) is 9.18 Å². The van der Waals surface area contributed by atoms with Gasteiger partial charge in [-0.1, -0.05) is 12.1 Å². The van der Waals surface area contributed by atoms with Crippen molar-refractivity contribution < 1.29 is 13.9 Å². The molecule has 0 saturated carbocycles. The number of carbonyl (C=O) groups is 1. The SMILES string of the molecule is COc1ccc(C(CNC(=O)c2nc(C)n(-c3ccc(F)cc3)n2)N2CCCC2)cc1. The predicted molar refractivity (Wildman–Crippen MR) is 115 cm³/mol. The first-order valence-electron chi connectivity index (χ1n) is 10.4. The van der Waals surface area contributed by atoms with Crippen LogP contribution >= 0.6 is 0 Å². The van der Waals surface area contributed by atoms with E-state index in [0.29, 0.717) is 18.1 Å². The van der Waals surface area contributed by atoms with E-state index in [0.717, 1.165) is 37.2 Å². The second kappa shape index (κ2) is 9.26. The fourth-order valence-electron chi connectivity index (χ4n) is 3.92. The lowest BCUT2D eigenvalue weighted by Crippen LogP contribution is -2.37. The summed E-state index contributed by atoms with van der Waals surface area (Å²) in [5, 5.41) is 7.32. The zero-order valence-electron chi connectivity index (χ0n) is 17.7. The lowest BCUT2D eigenvalue weighted by Gasteiger charge is -2.28. The Hall–Kier alpha value is -3.26. The first-order chi connectivity index (χ1) is 15.0. The number of benzene rings is 2. The van der Waals surface area contributed by atoms with Gasteiger partial charge in [0.05, 0.1) is 18.8 Å². The Morgan fingerprint density at radius 3 is 2.45 bits per heavy atom. The molecule has 1 unspecified atom stereocenters. The lowest BCUT2D eigenvalue weighted by molar-refractivity contribution is 0.0927. The minimum atomic E-state index is -0.332. The van der Waals surface area contributed by atoms with Gasteiger partial charge in [0.25, 0.3) is 5.91 Å². The van der Waals surface area contributed by atoms with Crippen molar-refractivity contribution in [3.63, 3.8) is 0 Å². The van der Waals surface area contributed by atoms with Crippen LogP contribution in [0.5, 0.6) is 5.75 Å². The number of aryl methyl sites for hydroxylation is 1. The molecule has 3 aromatic rings. The summed E-state index contributed by atoms with van der Waals surface area (Å²) >= 11 is 0. The highest BCUT2D eigenvalue weighted by molar-refractivity contribution is 5.90. The van der Waals surface area contributed by atoms with Crippen LogP contribution in [0, 0.1) is 12.7 Å². The molecule has 2 aromatic carbocycles. The van der Waals surface area contributed by atoms with Gasteiger partial charge in [0.2, 0.25) is 5.82 Å². The summed E-state index contributed by atoms with van der Waals surface area (Å²) in [4.78, 5) is 19.5. The Bertz CT molecular complexity index is 1030. The van der Waals surface area contributed by atoms with Crippen molar-refractivity contribution in [1.29, 1.82) is 0 Å². The molecule has 162 valence electrons. The van der Waals surface area contributed by atoms with E-state index in [1.165, 1.54) is 16.8 Å². The van der Waals surface area contributed by atoms with Crippen molar-refractivity contribution in [3.05, 3.63) is 71.6 Å². The van der Waals surface area contributed by atoms with Crippen LogP contribution in [0.25, 0.3) is 5.69 Å². The molecule has 0 aliphatic carbocycles. The maximum atomic E-state index is 13.2. The molecule has 0 radical (unpaired) electrons. The number of rotatable bonds is 7. The highest BCUT2D eigenvalue weighted by Crippen LogP contribution is 2.26. The number of hydrogen-bond acceptors (Lipinski definition) is 5. The first kappa shape index (κ1) is 21.0. The number of aromatic nitrogens is 3. The summed E-state index contributed by atoms with van der Waals surface area (Å²) in [6.45, 7) is 4.22. The van der Waals surface area contributed by atoms with E-state index >= 15 is 0 Å². The van der Waals surface area contributed by atoms with Crippen LogP contribution in [0.2, 0.25) is 0 Å². The van der Waals surface area contributed by atoms with Crippen molar-refractivity contribution in [2.75, 3.05) is 26.7 Å². The number of halogens is 1. The molecule has 4 rings (SSSR count). The molecule has 1 aliphatic heterocycles. The van der Waals surface area contributed by atoms with E-state index < -0.39 is 0 Å². The molecule has 1 aliphatic rings. The lowest BCUT2D eigenvalue weighted by atomic mass is 10.1. The molecule has 1 saturated heterocycles. The van der Waals surface area contributed by atoms with Crippen LogP contribution in [0.1, 0.15) is 40.9 Å². The second-order valence-corrected chi connectivity index (χ2v) is 7.61. The molecular formula is C23H26FN5O2. The largest absolute Gasteiger partial charge is 0.497 e. The third-order valence-corrected chi connectivity index (χ3v) is 5.58. The molecule has 1 aromatic heterocycles. The molecule has 1 fully saturated rings. The summed E-state index contributed by atoms with van der Waals surface area (Å²) in [5.41, 5.74) is 1.78. The van der Waals surface area contributed by atoms with Gasteiger partial charge in [-0.05, 0) is 74.8 Å². The van der Waals surface area contributed by atoms with Crippen LogP contribution < -0.4 is 10.1 Å². The van der Waals surface area contributed by atoms with Gasteiger partial charge in [0, 0.05) is 6.54 Å².